The summed E-state index contributed by atoms with van der Waals surface area (Å²) >= 11 is 1.82. The number of para-hydroxylation sites is 2. The van der Waals surface area contributed by atoms with E-state index >= 15 is 0 Å². The van der Waals surface area contributed by atoms with Gasteiger partial charge in [-0.2, -0.15) is 0 Å². The quantitative estimate of drug-likeness (QED) is 0.175. The predicted molar refractivity (Wildman–Crippen MR) is 242 cm³/mol. The molecule has 0 aliphatic carbocycles. The molecule has 270 valence electrons. The number of pyridine rings is 1. The molecule has 8 aromatic carbocycles. The van der Waals surface area contributed by atoms with Crippen LogP contribution in [-0.4, -0.2) is 15.0 Å². The predicted octanol–water partition coefficient (Wildman–Crippen LogP) is 14.8. The molecule has 0 radical (unpaired) electrons. The van der Waals surface area contributed by atoms with E-state index in [9.17, 15) is 0 Å². The van der Waals surface area contributed by atoms with Crippen molar-refractivity contribution in [1.82, 2.24) is 15.0 Å². The van der Waals surface area contributed by atoms with Crippen molar-refractivity contribution in [3.8, 4) is 56.3 Å². The fourth-order valence-corrected chi connectivity index (χ4v) is 9.68. The number of aromatic nitrogens is 3. The van der Waals surface area contributed by atoms with E-state index in [1.165, 1.54) is 20.2 Å². The first-order valence-corrected chi connectivity index (χ1v) is 20.2. The van der Waals surface area contributed by atoms with Crippen molar-refractivity contribution in [3.05, 3.63) is 188 Å². The zero-order chi connectivity index (χ0) is 38.2. The van der Waals surface area contributed by atoms with Crippen LogP contribution in [0.15, 0.2) is 192 Å². The molecule has 0 spiro atoms. The van der Waals surface area contributed by atoms with Gasteiger partial charge in [0.2, 0.25) is 0 Å². The maximum Gasteiger partial charge on any atom is 0.160 e. The Labute approximate surface area is 337 Å². The second kappa shape index (κ2) is 13.1. The van der Waals surface area contributed by atoms with Crippen LogP contribution in [0.3, 0.4) is 0 Å². The molecule has 0 amide bonds. The number of nitrogens with zero attached hydrogens (tertiary/aromatic N) is 3. The Morgan fingerprint density at radius 2 is 1.09 bits per heavy atom. The van der Waals surface area contributed by atoms with Crippen LogP contribution in [0.4, 0.5) is 0 Å². The Hall–Kier alpha value is -7.47. The van der Waals surface area contributed by atoms with E-state index in [1.54, 1.807) is 0 Å². The molecule has 4 aromatic heterocycles. The standard InChI is InChI=1S/C53H31N3OS/c1-2-12-32(13-3-1)38-28-26-33-14-4-5-15-37(33)49(38)45-31-44(36-27-29-40-39-16-8-11-21-47(39)58-48(40)30-36)55-53(56-45)35-24-22-34(23-25-35)51-50-42-18-7-10-20-46(42)57-52(50)41-17-6-9-19-43(41)54-51/h1-31H. The molecular weight excluding hydrogens is 727 g/mol. The molecule has 0 bridgehead atoms. The van der Waals surface area contributed by atoms with E-state index in [2.05, 4.69) is 158 Å². The van der Waals surface area contributed by atoms with Gasteiger partial charge in [0.25, 0.3) is 0 Å². The highest BCUT2D eigenvalue weighted by atomic mass is 32.1. The molecular formula is C53H31N3OS. The van der Waals surface area contributed by atoms with Crippen molar-refractivity contribution in [2.45, 2.75) is 0 Å². The number of fused-ring (bicyclic) bond motifs is 9. The van der Waals surface area contributed by atoms with Crippen LogP contribution in [0, 0.1) is 0 Å². The highest BCUT2D eigenvalue weighted by Crippen LogP contribution is 2.42. The van der Waals surface area contributed by atoms with Gasteiger partial charge in [0.1, 0.15) is 11.2 Å². The van der Waals surface area contributed by atoms with Crippen LogP contribution >= 0.6 is 11.3 Å². The maximum atomic E-state index is 6.49. The molecule has 4 nitrogen and oxygen atoms in total. The number of furan rings is 1. The normalized spacial score (nSPS) is 11.8. The van der Waals surface area contributed by atoms with Crippen molar-refractivity contribution in [1.29, 1.82) is 0 Å². The van der Waals surface area contributed by atoms with Gasteiger partial charge in [0.05, 0.1) is 28.0 Å². The van der Waals surface area contributed by atoms with Crippen molar-refractivity contribution >= 4 is 75.1 Å². The average Bonchev–Trinajstić information content (AvgIpc) is 3.87. The summed E-state index contributed by atoms with van der Waals surface area (Å²) in [7, 11) is 0. The van der Waals surface area contributed by atoms with Gasteiger partial charge in [0.15, 0.2) is 5.82 Å². The molecule has 0 saturated carbocycles. The van der Waals surface area contributed by atoms with Crippen LogP contribution in [0.5, 0.6) is 0 Å². The molecule has 4 heterocycles. The number of thiophene rings is 1. The summed E-state index contributed by atoms with van der Waals surface area (Å²) in [6.45, 7) is 0. The van der Waals surface area contributed by atoms with Gasteiger partial charge in [-0.3, -0.25) is 0 Å². The zero-order valence-corrected chi connectivity index (χ0v) is 31.9. The zero-order valence-electron chi connectivity index (χ0n) is 31.1. The van der Waals surface area contributed by atoms with Crippen molar-refractivity contribution < 1.29 is 4.42 Å². The van der Waals surface area contributed by atoms with E-state index in [0.29, 0.717) is 5.82 Å². The van der Waals surface area contributed by atoms with Gasteiger partial charge < -0.3 is 4.42 Å². The summed E-state index contributed by atoms with van der Waals surface area (Å²) in [6, 6.07) is 66.1. The third kappa shape index (κ3) is 5.25. The van der Waals surface area contributed by atoms with Gasteiger partial charge in [-0.1, -0.05) is 152 Å². The Morgan fingerprint density at radius 3 is 1.97 bits per heavy atom. The van der Waals surface area contributed by atoms with Crippen molar-refractivity contribution in [2.75, 3.05) is 0 Å². The third-order valence-corrected chi connectivity index (χ3v) is 12.4. The summed E-state index contributed by atoms with van der Waals surface area (Å²) in [5, 5.41) is 7.92. The molecule has 0 aliphatic heterocycles. The lowest BCUT2D eigenvalue weighted by Gasteiger charge is -2.16. The second-order valence-corrected chi connectivity index (χ2v) is 15.8. The summed E-state index contributed by atoms with van der Waals surface area (Å²) in [5.74, 6) is 0.660. The molecule has 0 fully saturated rings. The topological polar surface area (TPSA) is 51.8 Å². The summed E-state index contributed by atoms with van der Waals surface area (Å²) in [5.41, 5.74) is 11.6. The number of hydrogen-bond acceptors (Lipinski definition) is 5. The molecule has 0 unspecified atom stereocenters. The van der Waals surface area contributed by atoms with Gasteiger partial charge in [-0.25, -0.2) is 15.0 Å². The van der Waals surface area contributed by atoms with Crippen molar-refractivity contribution in [3.63, 3.8) is 0 Å². The first kappa shape index (κ1) is 32.7. The molecule has 0 N–H and O–H groups in total. The first-order chi connectivity index (χ1) is 28.7. The number of rotatable bonds is 5. The lowest BCUT2D eigenvalue weighted by Crippen LogP contribution is -1.98. The largest absolute Gasteiger partial charge is 0.455 e. The van der Waals surface area contributed by atoms with E-state index in [-0.39, 0.29) is 0 Å². The van der Waals surface area contributed by atoms with Crippen LogP contribution in [0.2, 0.25) is 0 Å². The fourth-order valence-electron chi connectivity index (χ4n) is 8.54. The lowest BCUT2D eigenvalue weighted by atomic mass is 9.91. The van der Waals surface area contributed by atoms with Crippen LogP contribution < -0.4 is 0 Å². The molecule has 0 atom stereocenters. The molecule has 0 aliphatic rings. The SMILES string of the molecule is c1ccc(-c2ccc3ccccc3c2-c2cc(-c3ccc4c(c3)sc3ccccc34)nc(-c3ccc(-c4nc5ccccc5c5oc6ccccc6c45)cc3)n2)cc1. The van der Waals surface area contributed by atoms with E-state index in [4.69, 9.17) is 19.4 Å². The number of benzene rings is 8. The summed E-state index contributed by atoms with van der Waals surface area (Å²) in [4.78, 5) is 16.0. The Morgan fingerprint density at radius 1 is 0.414 bits per heavy atom. The third-order valence-electron chi connectivity index (χ3n) is 11.3. The Balaban J connectivity index is 1.07. The van der Waals surface area contributed by atoms with Crippen molar-refractivity contribution in [2.24, 2.45) is 0 Å². The van der Waals surface area contributed by atoms with Gasteiger partial charge in [-0.05, 0) is 58.3 Å². The first-order valence-electron chi connectivity index (χ1n) is 19.4. The lowest BCUT2D eigenvalue weighted by molar-refractivity contribution is 0.672. The minimum atomic E-state index is 0.660. The average molecular weight is 758 g/mol. The molecule has 5 heteroatoms. The van der Waals surface area contributed by atoms with Crippen LogP contribution in [0.25, 0.3) is 120 Å². The Bertz CT molecular complexity index is 3570. The smallest absolute Gasteiger partial charge is 0.160 e. The van der Waals surface area contributed by atoms with Gasteiger partial charge in [-0.15, -0.1) is 11.3 Å². The molecule has 12 rings (SSSR count). The minimum Gasteiger partial charge on any atom is -0.455 e. The van der Waals surface area contributed by atoms with E-state index < -0.39 is 0 Å². The Kier molecular flexibility index (Phi) is 7.37. The monoisotopic (exact) mass is 757 g/mol. The molecule has 0 saturated heterocycles. The number of hydrogen-bond donors (Lipinski definition) is 0. The summed E-state index contributed by atoms with van der Waals surface area (Å²) in [6.07, 6.45) is 0. The maximum absolute atomic E-state index is 6.49. The highest BCUT2D eigenvalue weighted by Gasteiger charge is 2.20. The molecule has 12 aromatic rings. The van der Waals surface area contributed by atoms with Gasteiger partial charge in [0, 0.05) is 53.2 Å². The van der Waals surface area contributed by atoms with E-state index in [1.807, 2.05) is 41.7 Å². The summed E-state index contributed by atoms with van der Waals surface area (Å²) < 4.78 is 9.01. The molecule has 58 heavy (non-hydrogen) atoms. The second-order valence-electron chi connectivity index (χ2n) is 14.7. The minimum absolute atomic E-state index is 0.660. The highest BCUT2D eigenvalue weighted by molar-refractivity contribution is 7.25. The van der Waals surface area contributed by atoms with Crippen LogP contribution in [0.1, 0.15) is 0 Å². The van der Waals surface area contributed by atoms with Crippen LogP contribution in [-0.2, 0) is 0 Å². The fraction of sp³-hybridized carbons (Fsp3) is 0. The van der Waals surface area contributed by atoms with Gasteiger partial charge >= 0.3 is 0 Å². The van der Waals surface area contributed by atoms with E-state index in [0.717, 1.165) is 94.1 Å².